The monoisotopic (exact) mass is 243 g/mol. The van der Waals surface area contributed by atoms with Crippen LogP contribution < -0.4 is 5.32 Å². The van der Waals surface area contributed by atoms with Crippen LogP contribution in [0.4, 0.5) is 0 Å². The minimum Gasteiger partial charge on any atom is -0.481 e. The Labute approximate surface area is 102 Å². The zero-order chi connectivity index (χ0) is 12.7. The van der Waals surface area contributed by atoms with E-state index in [-0.39, 0.29) is 17.7 Å². The van der Waals surface area contributed by atoms with Gasteiger partial charge in [0.1, 0.15) is 0 Å². The zero-order valence-electron chi connectivity index (χ0n) is 10.3. The van der Waals surface area contributed by atoms with Gasteiger partial charge in [-0.2, -0.15) is 0 Å². The molecule has 1 amide bonds. The lowest BCUT2D eigenvalue weighted by atomic mass is 9.66. The molecule has 5 heteroatoms. The van der Waals surface area contributed by atoms with Crippen molar-refractivity contribution in [3.05, 3.63) is 0 Å². The Balaban J connectivity index is 2.23. The normalized spacial score (nSPS) is 17.2. The van der Waals surface area contributed by atoms with Crippen LogP contribution in [0.1, 0.15) is 38.5 Å². The zero-order valence-corrected chi connectivity index (χ0v) is 10.3. The molecule has 0 heterocycles. The van der Waals surface area contributed by atoms with Crippen LogP contribution in [0.3, 0.4) is 0 Å². The minimum atomic E-state index is -0.779. The lowest BCUT2D eigenvalue weighted by molar-refractivity contribution is -0.141. The third kappa shape index (κ3) is 4.73. The maximum Gasteiger partial charge on any atom is 0.303 e. The quantitative estimate of drug-likeness (QED) is 0.627. The van der Waals surface area contributed by atoms with Gasteiger partial charge in [0.15, 0.2) is 0 Å². The predicted molar refractivity (Wildman–Crippen MR) is 62.7 cm³/mol. The van der Waals surface area contributed by atoms with Crippen LogP contribution in [0.2, 0.25) is 0 Å². The van der Waals surface area contributed by atoms with Crippen molar-refractivity contribution in [1.29, 1.82) is 0 Å². The first kappa shape index (κ1) is 14.0. The van der Waals surface area contributed by atoms with E-state index in [0.717, 1.165) is 19.3 Å². The lowest BCUT2D eigenvalue weighted by Gasteiger charge is -2.40. The summed E-state index contributed by atoms with van der Waals surface area (Å²) in [5, 5.41) is 11.7. The molecule has 98 valence electrons. The molecule has 0 aromatic rings. The fourth-order valence-electron chi connectivity index (χ4n) is 2.17. The Morgan fingerprint density at radius 1 is 1.41 bits per heavy atom. The van der Waals surface area contributed by atoms with Gasteiger partial charge in [-0.25, -0.2) is 0 Å². The molecule has 1 fully saturated rings. The highest BCUT2D eigenvalue weighted by atomic mass is 16.5. The molecular weight excluding hydrogens is 222 g/mol. The second kappa shape index (κ2) is 6.59. The van der Waals surface area contributed by atoms with Crippen molar-refractivity contribution in [2.45, 2.75) is 38.5 Å². The summed E-state index contributed by atoms with van der Waals surface area (Å²) in [6, 6.07) is 0. The largest absolute Gasteiger partial charge is 0.481 e. The third-order valence-corrected chi connectivity index (χ3v) is 3.35. The van der Waals surface area contributed by atoms with Gasteiger partial charge in [0.05, 0.1) is 6.42 Å². The Morgan fingerprint density at radius 2 is 2.12 bits per heavy atom. The Morgan fingerprint density at radius 3 is 2.59 bits per heavy atom. The van der Waals surface area contributed by atoms with Gasteiger partial charge >= 0.3 is 5.97 Å². The molecule has 0 spiro atoms. The average Bonchev–Trinajstić information content (AvgIpc) is 2.22. The molecule has 2 N–H and O–H groups in total. The molecule has 1 aliphatic carbocycles. The molecule has 0 aromatic heterocycles. The summed E-state index contributed by atoms with van der Waals surface area (Å²) in [4.78, 5) is 22.2. The molecule has 17 heavy (non-hydrogen) atoms. The summed E-state index contributed by atoms with van der Waals surface area (Å²) in [6.45, 7) is 1.07. The number of methoxy groups -OCH3 is 1. The van der Waals surface area contributed by atoms with Gasteiger partial charge in [-0.1, -0.05) is 6.42 Å². The first-order chi connectivity index (χ1) is 8.08. The molecule has 0 unspecified atom stereocenters. The van der Waals surface area contributed by atoms with E-state index in [2.05, 4.69) is 5.32 Å². The molecule has 5 nitrogen and oxygen atoms in total. The molecule has 1 rings (SSSR count). The highest BCUT2D eigenvalue weighted by Gasteiger charge is 2.39. The number of rotatable bonds is 8. The van der Waals surface area contributed by atoms with E-state index in [9.17, 15) is 9.59 Å². The number of hydrogen-bond acceptors (Lipinski definition) is 3. The summed E-state index contributed by atoms with van der Waals surface area (Å²) in [6.07, 6.45) is 4.17. The summed E-state index contributed by atoms with van der Waals surface area (Å²) in [5.74, 6) is -0.794. The fourth-order valence-corrected chi connectivity index (χ4v) is 2.17. The topological polar surface area (TPSA) is 75.6 Å². The molecule has 1 aliphatic rings. The van der Waals surface area contributed by atoms with Gasteiger partial charge in [-0.05, 0) is 24.7 Å². The molecule has 0 aromatic carbocycles. The first-order valence-electron chi connectivity index (χ1n) is 6.05. The number of carboxylic acid groups (broad SMARTS) is 1. The van der Waals surface area contributed by atoms with Crippen LogP contribution in [-0.2, 0) is 14.3 Å². The van der Waals surface area contributed by atoms with E-state index >= 15 is 0 Å². The van der Waals surface area contributed by atoms with Gasteiger partial charge in [-0.15, -0.1) is 0 Å². The number of amides is 1. The van der Waals surface area contributed by atoms with Crippen LogP contribution in [0.25, 0.3) is 0 Å². The number of ether oxygens (including phenoxy) is 1. The Kier molecular flexibility index (Phi) is 5.41. The third-order valence-electron chi connectivity index (χ3n) is 3.35. The van der Waals surface area contributed by atoms with Gasteiger partial charge in [0.25, 0.3) is 0 Å². The van der Waals surface area contributed by atoms with Crippen LogP contribution in [-0.4, -0.2) is 37.2 Å². The van der Waals surface area contributed by atoms with E-state index in [4.69, 9.17) is 9.84 Å². The molecule has 0 bridgehead atoms. The van der Waals surface area contributed by atoms with Crippen LogP contribution in [0.15, 0.2) is 0 Å². The standard InChI is InChI=1S/C12H21NO4/c1-17-7-2-4-10(14)13-9-12(5-3-6-12)8-11(15)16/h2-9H2,1H3,(H,13,14)(H,15,16). The molecule has 0 aliphatic heterocycles. The number of carbonyl (C=O) groups excluding carboxylic acids is 1. The van der Waals surface area contributed by atoms with Gasteiger partial charge < -0.3 is 15.2 Å². The summed E-state index contributed by atoms with van der Waals surface area (Å²) < 4.78 is 4.86. The molecule has 0 saturated heterocycles. The Bertz CT molecular complexity index is 274. The van der Waals surface area contributed by atoms with E-state index in [1.165, 1.54) is 0 Å². The van der Waals surface area contributed by atoms with E-state index in [0.29, 0.717) is 26.0 Å². The summed E-state index contributed by atoms with van der Waals surface area (Å²) in [5.41, 5.74) is -0.192. The SMILES string of the molecule is COCCCC(=O)NCC1(CC(=O)O)CCC1. The highest BCUT2D eigenvalue weighted by molar-refractivity contribution is 5.76. The second-order valence-electron chi connectivity index (χ2n) is 4.80. The van der Waals surface area contributed by atoms with Crippen LogP contribution in [0, 0.1) is 5.41 Å². The van der Waals surface area contributed by atoms with Crippen molar-refractivity contribution in [1.82, 2.24) is 5.32 Å². The van der Waals surface area contributed by atoms with Gasteiger partial charge in [0.2, 0.25) is 5.91 Å². The lowest BCUT2D eigenvalue weighted by Crippen LogP contribution is -2.43. The van der Waals surface area contributed by atoms with Crippen LogP contribution in [0.5, 0.6) is 0 Å². The number of hydrogen-bond donors (Lipinski definition) is 2. The van der Waals surface area contributed by atoms with Crippen LogP contribution >= 0.6 is 0 Å². The summed E-state index contributed by atoms with van der Waals surface area (Å²) >= 11 is 0. The van der Waals surface area contributed by atoms with Crippen molar-refractivity contribution in [2.75, 3.05) is 20.3 Å². The fraction of sp³-hybridized carbons (Fsp3) is 0.833. The van der Waals surface area contributed by atoms with Crippen molar-refractivity contribution in [2.24, 2.45) is 5.41 Å². The van der Waals surface area contributed by atoms with E-state index in [1.54, 1.807) is 7.11 Å². The second-order valence-corrected chi connectivity index (χ2v) is 4.80. The van der Waals surface area contributed by atoms with Crippen molar-refractivity contribution >= 4 is 11.9 Å². The smallest absolute Gasteiger partial charge is 0.303 e. The average molecular weight is 243 g/mol. The number of aliphatic carboxylic acids is 1. The number of carbonyl (C=O) groups is 2. The van der Waals surface area contributed by atoms with Crippen molar-refractivity contribution in [3.8, 4) is 0 Å². The maximum absolute atomic E-state index is 11.5. The van der Waals surface area contributed by atoms with Gasteiger partial charge in [0, 0.05) is 26.7 Å². The molecule has 0 atom stereocenters. The van der Waals surface area contributed by atoms with E-state index < -0.39 is 5.97 Å². The van der Waals surface area contributed by atoms with Crippen molar-refractivity contribution in [3.63, 3.8) is 0 Å². The molecule has 0 radical (unpaired) electrons. The molecule has 1 saturated carbocycles. The van der Waals surface area contributed by atoms with Gasteiger partial charge in [-0.3, -0.25) is 9.59 Å². The molecular formula is C12H21NO4. The summed E-state index contributed by atoms with van der Waals surface area (Å²) in [7, 11) is 1.61. The minimum absolute atomic E-state index is 0.0151. The van der Waals surface area contributed by atoms with Crippen molar-refractivity contribution < 1.29 is 19.4 Å². The van der Waals surface area contributed by atoms with E-state index in [1.807, 2.05) is 0 Å². The number of nitrogens with one attached hydrogen (secondary N) is 1. The highest BCUT2D eigenvalue weighted by Crippen LogP contribution is 2.43. The Hall–Kier alpha value is -1.10. The first-order valence-corrected chi connectivity index (χ1v) is 6.05. The maximum atomic E-state index is 11.5. The number of carboxylic acids is 1. The predicted octanol–water partition coefficient (Wildman–Crippen LogP) is 1.17.